The molecular formula is C26H42Cl2FeP2Pd. The molecule has 9 atom stereocenters. The van der Waals surface area contributed by atoms with Gasteiger partial charge >= 0.3 is 194 Å². The summed E-state index contributed by atoms with van der Waals surface area (Å²) in [5.74, 6) is 0. The van der Waals surface area contributed by atoms with Crippen LogP contribution >= 0.6 is 39.0 Å². The van der Waals surface area contributed by atoms with Gasteiger partial charge in [-0.15, -0.1) is 0 Å². The van der Waals surface area contributed by atoms with Crippen LogP contribution in [0.3, 0.4) is 0 Å². The molecular weight excluding hydrogens is 607 g/mol. The Morgan fingerprint density at radius 2 is 0.969 bits per heavy atom. The number of halogens is 2. The summed E-state index contributed by atoms with van der Waals surface area (Å²) in [7, 11) is -0.286. The summed E-state index contributed by atoms with van der Waals surface area (Å²) in [6.07, 6.45) is 0. The third-order valence-electron chi connectivity index (χ3n) is 18.0. The Kier molecular flexibility index (Phi) is 1.68. The van der Waals surface area contributed by atoms with Crippen LogP contribution in [-0.2, 0) is 26.9 Å². The third-order valence-corrected chi connectivity index (χ3v) is 83.5. The van der Waals surface area contributed by atoms with Crippen LogP contribution in [0.2, 0.25) is 28.9 Å². The van der Waals surface area contributed by atoms with Crippen LogP contribution in [-0.4, -0.2) is 36.3 Å². The SMILES string of the molecule is CC(C)(C)P(C(C)(C)C)[C]12[CH]3[CH]4[CH]5[CH]1[Fe]45321678[CH]2[CH]1[C]6(P(C(C)(C)C)C(C)(C)C)[C]7(Cl)[C]28Cl.[Pd]. The van der Waals surface area contributed by atoms with Gasteiger partial charge < -0.3 is 0 Å². The maximum atomic E-state index is 8.42. The van der Waals surface area contributed by atoms with E-state index in [1.165, 1.54) is 0 Å². The van der Waals surface area contributed by atoms with E-state index < -0.39 is 6.51 Å². The van der Waals surface area contributed by atoms with Crippen molar-refractivity contribution >= 4 is 39.0 Å². The van der Waals surface area contributed by atoms with Crippen LogP contribution in [0.15, 0.2) is 0 Å². The molecule has 0 aromatic carbocycles. The Hall–Kier alpha value is 2.62. The van der Waals surface area contributed by atoms with Crippen molar-refractivity contribution in [2.24, 2.45) is 0 Å². The van der Waals surface area contributed by atoms with Gasteiger partial charge in [0.15, 0.2) is 0 Å². The van der Waals surface area contributed by atoms with E-state index in [0.29, 0.717) is 28.7 Å². The Morgan fingerprint density at radius 3 is 1.19 bits per heavy atom. The van der Waals surface area contributed by atoms with Crippen molar-refractivity contribution < 1.29 is 26.9 Å². The van der Waals surface area contributed by atoms with E-state index in [9.17, 15) is 0 Å². The third kappa shape index (κ3) is 0.381. The zero-order chi connectivity index (χ0) is 22.9. The molecule has 10 aliphatic rings. The van der Waals surface area contributed by atoms with Gasteiger partial charge in [-0.1, -0.05) is 0 Å². The van der Waals surface area contributed by atoms with E-state index in [1.807, 2.05) is 0 Å². The molecule has 0 bridgehead atoms. The van der Waals surface area contributed by atoms with Crippen LogP contribution in [0.1, 0.15) is 83.1 Å². The van der Waals surface area contributed by atoms with E-state index in [-0.39, 0.29) is 43.8 Å². The first kappa shape index (κ1) is 21.5. The molecule has 0 nitrogen and oxygen atoms in total. The van der Waals surface area contributed by atoms with Gasteiger partial charge in [-0.25, -0.2) is 0 Å². The Labute approximate surface area is 212 Å². The van der Waals surface area contributed by atoms with Gasteiger partial charge in [-0.3, -0.25) is 0 Å². The first-order valence-electron chi connectivity index (χ1n) is 12.6. The molecule has 10 rings (SSSR count). The minimum atomic E-state index is -4.27. The monoisotopic (exact) mass is 648 g/mol. The van der Waals surface area contributed by atoms with Crippen LogP contribution in [0.5, 0.6) is 0 Å². The zero-order valence-electron chi connectivity index (χ0n) is 21.8. The van der Waals surface area contributed by atoms with E-state index in [0.717, 1.165) is 28.9 Å². The van der Waals surface area contributed by atoms with Crippen LogP contribution < -0.4 is 0 Å². The second-order valence-electron chi connectivity index (χ2n) is 19.0. The normalized spacial score (nSPS) is 78.2. The van der Waals surface area contributed by atoms with Crippen molar-refractivity contribution in [2.75, 3.05) is 0 Å². The van der Waals surface area contributed by atoms with Gasteiger partial charge in [0.2, 0.25) is 0 Å². The molecule has 1 spiro atoms. The number of fused-ring (bicyclic) bond motifs is 10. The molecule has 188 valence electrons. The fourth-order valence-corrected chi connectivity index (χ4v) is 145. The second-order valence-corrected chi connectivity index (χ2v) is 52.3. The van der Waals surface area contributed by atoms with Gasteiger partial charge in [-0.05, 0) is 0 Å². The summed E-state index contributed by atoms with van der Waals surface area (Å²) < 4.78 is 1.56. The smallest absolute Gasteiger partial charge is 0 e. The summed E-state index contributed by atoms with van der Waals surface area (Å²) in [6.45, 7) is 26.8. The molecule has 0 aromatic heterocycles. The minimum Gasteiger partial charge on any atom is 0 e. The molecule has 9 unspecified atom stereocenters. The molecule has 0 N–H and O–H groups in total. The van der Waals surface area contributed by atoms with Gasteiger partial charge in [-0.2, -0.15) is 0 Å². The first-order chi connectivity index (χ1) is 13.4. The summed E-state index contributed by atoms with van der Waals surface area (Å²) in [6, 6.07) is 0. The van der Waals surface area contributed by atoms with E-state index in [4.69, 9.17) is 23.2 Å². The number of rotatable bonds is 2. The van der Waals surface area contributed by atoms with Crippen LogP contribution in [0, 0.1) is 0 Å². The maximum absolute atomic E-state index is 8.42. The van der Waals surface area contributed by atoms with Gasteiger partial charge in [0.1, 0.15) is 0 Å². The summed E-state index contributed by atoms with van der Waals surface area (Å²) >= 11 is 16.6. The largest absolute Gasteiger partial charge is 0 e. The van der Waals surface area contributed by atoms with Crippen molar-refractivity contribution in [2.45, 2.75) is 148 Å². The molecule has 10 heterocycles. The van der Waals surface area contributed by atoms with Crippen LogP contribution in [0.25, 0.3) is 0 Å². The molecule has 6 heteroatoms. The average molecular weight is 650 g/mol. The topological polar surface area (TPSA) is 0 Å². The fourth-order valence-electron chi connectivity index (χ4n) is 21.6. The van der Waals surface area contributed by atoms with Gasteiger partial charge in [0, 0.05) is 20.4 Å². The average Bonchev–Trinajstić information content (AvgIpc) is 3.45. The van der Waals surface area contributed by atoms with Crippen molar-refractivity contribution in [1.29, 1.82) is 0 Å². The summed E-state index contributed by atoms with van der Waals surface area (Å²) in [5, 5.41) is 1.54. The zero-order valence-corrected chi connectivity index (χ0v) is 27.7. The molecule has 10 saturated heterocycles. The Balaban J connectivity index is 0.00000160. The first-order valence-corrected chi connectivity index (χ1v) is 22.1. The van der Waals surface area contributed by atoms with Crippen molar-refractivity contribution in [3.63, 3.8) is 0 Å². The number of alkyl halides is 2. The number of hydrogen-bond donors (Lipinski definition) is 0. The Bertz CT molecular complexity index is 1510. The van der Waals surface area contributed by atoms with Crippen molar-refractivity contribution in [3.8, 4) is 0 Å². The quantitative estimate of drug-likeness (QED) is 0.159. The molecule has 0 saturated carbocycles. The maximum Gasteiger partial charge on any atom is 0 e. The standard InChI is InChI=1S/C13H20Cl2P.C13H22P.Fe.Pd/c1-12(2,3)16(13(4,5)6)10-8-7-9(14)11(10)15;1-12(2,3)14(13(4,5)6)11-9-7-8-10-11;;/h7-8H,1-6H3;7-10H,1-6H3;;. The van der Waals surface area contributed by atoms with E-state index in [1.54, 1.807) is 0 Å². The summed E-state index contributed by atoms with van der Waals surface area (Å²) in [4.78, 5) is 6.44. The molecule has 32 heavy (non-hydrogen) atoms. The fraction of sp³-hybridized carbons (Fsp3) is 1.00. The number of hydrogen-bond acceptors (Lipinski definition) is 0. The molecule has 0 amide bonds. The molecule has 10 fully saturated rings. The van der Waals surface area contributed by atoms with Crippen molar-refractivity contribution in [3.05, 3.63) is 0 Å². The van der Waals surface area contributed by atoms with Crippen LogP contribution in [0.4, 0.5) is 0 Å². The van der Waals surface area contributed by atoms with Crippen molar-refractivity contribution in [1.82, 2.24) is 0 Å². The second kappa shape index (κ2) is 2.50. The minimum absolute atomic E-state index is 0. The molecule has 0 aliphatic carbocycles. The van der Waals surface area contributed by atoms with Gasteiger partial charge in [0.05, 0.1) is 0 Å². The molecule has 10 aliphatic heterocycles. The van der Waals surface area contributed by atoms with Gasteiger partial charge in [0.25, 0.3) is 0 Å². The van der Waals surface area contributed by atoms with E-state index >= 15 is 0 Å². The predicted octanol–water partition coefficient (Wildman–Crippen LogP) is 9.64. The van der Waals surface area contributed by atoms with E-state index in [2.05, 4.69) is 83.1 Å². The predicted molar refractivity (Wildman–Crippen MR) is 138 cm³/mol. The molecule has 0 aromatic rings. The Morgan fingerprint density at radius 1 is 0.594 bits per heavy atom. The molecule has 0 radical (unpaired) electrons. The summed E-state index contributed by atoms with van der Waals surface area (Å²) in [5.41, 5.74) is 0.